The third kappa shape index (κ3) is 4.42. The van der Waals surface area contributed by atoms with Gasteiger partial charge in [0.1, 0.15) is 0 Å². The van der Waals surface area contributed by atoms with Crippen molar-refractivity contribution in [2.75, 3.05) is 0 Å². The van der Waals surface area contributed by atoms with Gasteiger partial charge in [0.05, 0.1) is 6.61 Å². The van der Waals surface area contributed by atoms with Crippen molar-refractivity contribution in [1.29, 1.82) is 0 Å². The molecule has 126 valence electrons. The van der Waals surface area contributed by atoms with Crippen LogP contribution in [0.15, 0.2) is 65.8 Å². The van der Waals surface area contributed by atoms with Crippen LogP contribution in [0.25, 0.3) is 16.7 Å². The Bertz CT molecular complexity index is 751. The molecule has 1 N–H and O–H groups in total. The Labute approximate surface area is 171 Å². The Balaban J connectivity index is 0.00000176. The molecule has 0 bridgehead atoms. The average Bonchev–Trinajstić information content (AvgIpc) is 2.87. The van der Waals surface area contributed by atoms with Gasteiger partial charge in [-0.2, -0.15) is 0 Å². The Morgan fingerprint density at radius 3 is 1.92 bits per heavy atom. The van der Waals surface area contributed by atoms with Crippen molar-refractivity contribution in [1.82, 2.24) is 0 Å². The maximum atomic E-state index is 9.61. The summed E-state index contributed by atoms with van der Waals surface area (Å²) in [6.45, 7) is 4.44. The number of benzene rings is 2. The third-order valence-electron chi connectivity index (χ3n) is 4.39. The summed E-state index contributed by atoms with van der Waals surface area (Å²) in [5, 5.41) is 9.61. The maximum Gasteiger partial charge on any atom is 0.0687 e. The molecule has 0 saturated carbocycles. The first kappa shape index (κ1) is 23.2. The molecular weight excluding hydrogens is 375 g/mol. The molecule has 0 heterocycles. The van der Waals surface area contributed by atoms with E-state index < -0.39 is 0 Å². The fourth-order valence-electron chi connectivity index (χ4n) is 3.01. The zero-order valence-electron chi connectivity index (χ0n) is 13.9. The van der Waals surface area contributed by atoms with Crippen LogP contribution in [0.3, 0.4) is 0 Å². The average molecular weight is 397 g/mol. The zero-order chi connectivity index (χ0) is 14.8. The van der Waals surface area contributed by atoms with E-state index in [1.807, 2.05) is 18.2 Å². The van der Waals surface area contributed by atoms with E-state index in [1.165, 1.54) is 27.8 Å². The number of rotatable bonds is 3. The minimum atomic E-state index is 0. The number of allylic oxidation sites excluding steroid dienone is 4. The standard InChI is InChI=1S/C20H20O.2ClH.Ti/c1-14-11-12-17(15(14)2)19-9-5-6-10-20(19)18-8-4-3-7-16(18)13-21;;;/h3-11,21H,12-13H2,1-2H3;2*1H;. The first-order valence-corrected chi connectivity index (χ1v) is 7.37. The van der Waals surface area contributed by atoms with Crippen LogP contribution in [-0.2, 0) is 28.3 Å². The molecule has 0 atom stereocenters. The van der Waals surface area contributed by atoms with Crippen molar-refractivity contribution in [3.05, 3.63) is 76.9 Å². The molecule has 2 aromatic carbocycles. The second-order valence-corrected chi connectivity index (χ2v) is 5.56. The molecule has 0 aliphatic heterocycles. The molecule has 1 nitrogen and oxygen atoms in total. The largest absolute Gasteiger partial charge is 0.392 e. The van der Waals surface area contributed by atoms with Crippen molar-refractivity contribution in [2.24, 2.45) is 0 Å². The van der Waals surface area contributed by atoms with Gasteiger partial charge in [0.25, 0.3) is 0 Å². The van der Waals surface area contributed by atoms with Crippen LogP contribution in [0.2, 0.25) is 0 Å². The van der Waals surface area contributed by atoms with Gasteiger partial charge in [-0.25, -0.2) is 0 Å². The third-order valence-corrected chi connectivity index (χ3v) is 4.39. The smallest absolute Gasteiger partial charge is 0.0687 e. The number of aliphatic hydroxyl groups is 1. The summed E-state index contributed by atoms with van der Waals surface area (Å²) >= 11 is 0. The van der Waals surface area contributed by atoms with E-state index in [0.717, 1.165) is 17.5 Å². The van der Waals surface area contributed by atoms with Gasteiger partial charge in [-0.15, -0.1) is 24.8 Å². The van der Waals surface area contributed by atoms with E-state index in [9.17, 15) is 5.11 Å². The van der Waals surface area contributed by atoms with Crippen LogP contribution in [0.1, 0.15) is 31.4 Å². The Morgan fingerprint density at radius 1 is 0.833 bits per heavy atom. The van der Waals surface area contributed by atoms with Gasteiger partial charge in [0, 0.05) is 21.7 Å². The summed E-state index contributed by atoms with van der Waals surface area (Å²) in [7, 11) is 0. The van der Waals surface area contributed by atoms with Crippen molar-refractivity contribution >= 4 is 30.4 Å². The first-order chi connectivity index (χ1) is 10.2. The predicted octanol–water partition coefficient (Wildman–Crippen LogP) is 5.81. The number of aliphatic hydroxyl groups excluding tert-OH is 1. The summed E-state index contributed by atoms with van der Waals surface area (Å²) in [5.41, 5.74) is 8.74. The van der Waals surface area contributed by atoms with Gasteiger partial charge >= 0.3 is 0 Å². The maximum absolute atomic E-state index is 9.61. The van der Waals surface area contributed by atoms with Crippen molar-refractivity contribution in [2.45, 2.75) is 26.9 Å². The number of hydrogen-bond donors (Lipinski definition) is 1. The van der Waals surface area contributed by atoms with Crippen LogP contribution >= 0.6 is 24.8 Å². The van der Waals surface area contributed by atoms with Gasteiger partial charge in [-0.05, 0) is 53.7 Å². The SMILES string of the molecule is CC1=CCC(c2ccccc2-c2ccccc2CO)=C1C.Cl.Cl.[Ti]. The van der Waals surface area contributed by atoms with Gasteiger partial charge < -0.3 is 5.11 Å². The van der Waals surface area contributed by atoms with Crippen LogP contribution in [0.5, 0.6) is 0 Å². The Morgan fingerprint density at radius 2 is 1.38 bits per heavy atom. The second kappa shape index (κ2) is 10.2. The quantitative estimate of drug-likeness (QED) is 0.649. The van der Waals surface area contributed by atoms with Gasteiger partial charge in [0.15, 0.2) is 0 Å². The first-order valence-electron chi connectivity index (χ1n) is 7.37. The van der Waals surface area contributed by atoms with Crippen LogP contribution in [0, 0.1) is 0 Å². The molecule has 1 aliphatic rings. The molecule has 24 heavy (non-hydrogen) atoms. The van der Waals surface area contributed by atoms with Crippen LogP contribution in [0.4, 0.5) is 0 Å². The summed E-state index contributed by atoms with van der Waals surface area (Å²) in [6.07, 6.45) is 3.29. The molecule has 3 rings (SSSR count). The molecule has 0 spiro atoms. The van der Waals surface area contributed by atoms with Crippen LogP contribution < -0.4 is 0 Å². The number of hydrogen-bond acceptors (Lipinski definition) is 1. The molecule has 0 saturated heterocycles. The normalized spacial score (nSPS) is 12.7. The van der Waals surface area contributed by atoms with Gasteiger partial charge in [0.2, 0.25) is 0 Å². The monoisotopic (exact) mass is 396 g/mol. The van der Waals surface area contributed by atoms with Crippen molar-refractivity contribution in [3.63, 3.8) is 0 Å². The molecular formula is C20H22Cl2OTi. The minimum Gasteiger partial charge on any atom is -0.392 e. The summed E-state index contributed by atoms with van der Waals surface area (Å²) in [5.74, 6) is 0. The fraction of sp³-hybridized carbons (Fsp3) is 0.200. The van der Waals surface area contributed by atoms with E-state index in [1.54, 1.807) is 0 Å². The van der Waals surface area contributed by atoms with E-state index in [2.05, 4.69) is 50.3 Å². The second-order valence-electron chi connectivity index (χ2n) is 5.56. The summed E-state index contributed by atoms with van der Waals surface area (Å²) in [4.78, 5) is 0. The van der Waals surface area contributed by atoms with E-state index in [-0.39, 0.29) is 53.1 Å². The van der Waals surface area contributed by atoms with Crippen LogP contribution in [-0.4, -0.2) is 5.11 Å². The molecule has 0 unspecified atom stereocenters. The molecule has 4 heteroatoms. The zero-order valence-corrected chi connectivity index (χ0v) is 17.1. The molecule has 0 radical (unpaired) electrons. The van der Waals surface area contributed by atoms with E-state index >= 15 is 0 Å². The topological polar surface area (TPSA) is 20.2 Å². The Hall–Kier alpha value is -0.826. The molecule has 0 fully saturated rings. The minimum absolute atomic E-state index is 0. The molecule has 0 amide bonds. The van der Waals surface area contributed by atoms with Gasteiger partial charge in [-0.3, -0.25) is 0 Å². The number of halogens is 2. The summed E-state index contributed by atoms with van der Waals surface area (Å²) in [6, 6.07) is 16.6. The molecule has 0 aromatic heterocycles. The van der Waals surface area contributed by atoms with Gasteiger partial charge in [-0.1, -0.05) is 60.2 Å². The van der Waals surface area contributed by atoms with Crippen molar-refractivity contribution in [3.8, 4) is 11.1 Å². The fourth-order valence-corrected chi connectivity index (χ4v) is 3.01. The molecule has 2 aromatic rings. The van der Waals surface area contributed by atoms with E-state index in [4.69, 9.17) is 0 Å². The van der Waals surface area contributed by atoms with E-state index in [0.29, 0.717) is 0 Å². The Kier molecular flexibility index (Phi) is 9.88. The molecule has 1 aliphatic carbocycles. The predicted molar refractivity (Wildman–Crippen MR) is 103 cm³/mol. The van der Waals surface area contributed by atoms with Crippen molar-refractivity contribution < 1.29 is 26.8 Å². The summed E-state index contributed by atoms with van der Waals surface area (Å²) < 4.78 is 0.